The molecule has 1 heterocycles. The third-order valence-corrected chi connectivity index (χ3v) is 6.58. The van der Waals surface area contributed by atoms with Gasteiger partial charge in [0.05, 0.1) is 17.0 Å². The van der Waals surface area contributed by atoms with Crippen LogP contribution in [0.1, 0.15) is 60.0 Å². The predicted octanol–water partition coefficient (Wildman–Crippen LogP) is 4.23. The Labute approximate surface area is 192 Å². The summed E-state index contributed by atoms with van der Waals surface area (Å²) >= 11 is 0. The van der Waals surface area contributed by atoms with Crippen LogP contribution in [-0.2, 0) is 17.1 Å². The summed E-state index contributed by atoms with van der Waals surface area (Å²) < 4.78 is 78.1. The summed E-state index contributed by atoms with van der Waals surface area (Å²) in [5.41, 5.74) is -1.58. The molecular formula is C22H27F6N3O3. The van der Waals surface area contributed by atoms with Crippen LogP contribution >= 0.6 is 0 Å². The lowest BCUT2D eigenvalue weighted by Crippen LogP contribution is -2.49. The van der Waals surface area contributed by atoms with Crippen LogP contribution in [0.15, 0.2) is 18.2 Å². The minimum atomic E-state index is -5.03. The van der Waals surface area contributed by atoms with E-state index in [1.165, 1.54) is 0 Å². The number of nitrogens with zero attached hydrogens (tertiary/aromatic N) is 1. The fourth-order valence-corrected chi connectivity index (χ4v) is 4.60. The van der Waals surface area contributed by atoms with Gasteiger partial charge in [-0.15, -0.1) is 0 Å². The Hall–Kier alpha value is -2.34. The first-order valence-electron chi connectivity index (χ1n) is 11.2. The van der Waals surface area contributed by atoms with E-state index in [2.05, 4.69) is 10.8 Å². The lowest BCUT2D eigenvalue weighted by Gasteiger charge is -2.37. The minimum Gasteiger partial charge on any atom is -0.352 e. The number of piperidine rings is 1. The Balaban J connectivity index is 1.57. The molecule has 1 saturated heterocycles. The van der Waals surface area contributed by atoms with Gasteiger partial charge in [-0.25, -0.2) is 5.48 Å². The normalized spacial score (nSPS) is 22.5. The average Bonchev–Trinajstić information content (AvgIpc) is 2.81. The maximum absolute atomic E-state index is 13.0. The lowest BCUT2D eigenvalue weighted by molar-refractivity contribution is -0.143. The number of hydrogen-bond acceptors (Lipinski definition) is 4. The van der Waals surface area contributed by atoms with Gasteiger partial charge in [0.25, 0.3) is 5.91 Å². The smallest absolute Gasteiger partial charge is 0.352 e. The van der Waals surface area contributed by atoms with Gasteiger partial charge >= 0.3 is 12.4 Å². The summed E-state index contributed by atoms with van der Waals surface area (Å²) in [4.78, 5) is 26.9. The van der Waals surface area contributed by atoms with E-state index in [1.807, 2.05) is 0 Å². The molecule has 0 spiro atoms. The molecule has 2 aliphatic rings. The number of hydrogen-bond donors (Lipinski definition) is 3. The van der Waals surface area contributed by atoms with Gasteiger partial charge in [0.1, 0.15) is 0 Å². The zero-order chi connectivity index (χ0) is 25.1. The highest BCUT2D eigenvalue weighted by atomic mass is 19.4. The van der Waals surface area contributed by atoms with Crippen molar-refractivity contribution in [2.24, 2.45) is 11.8 Å². The molecule has 3 N–H and O–H groups in total. The molecule has 2 amide bonds. The third kappa shape index (κ3) is 6.41. The first-order chi connectivity index (χ1) is 15.9. The second kappa shape index (κ2) is 10.5. The summed E-state index contributed by atoms with van der Waals surface area (Å²) in [5.74, 6) is -1.44. The molecule has 6 nitrogen and oxygen atoms in total. The average molecular weight is 495 g/mol. The number of likely N-dealkylation sites (tertiary alicyclic amines) is 1. The van der Waals surface area contributed by atoms with Crippen molar-refractivity contribution in [3.05, 3.63) is 34.9 Å². The van der Waals surface area contributed by atoms with Gasteiger partial charge in [0, 0.05) is 31.2 Å². The highest BCUT2D eigenvalue weighted by molar-refractivity contribution is 5.94. The molecule has 3 rings (SSSR count). The molecule has 34 heavy (non-hydrogen) atoms. The van der Waals surface area contributed by atoms with E-state index in [4.69, 9.17) is 0 Å². The number of benzene rings is 1. The molecule has 0 radical (unpaired) electrons. The molecule has 1 aromatic carbocycles. The molecule has 1 saturated carbocycles. The molecule has 12 heteroatoms. The van der Waals surface area contributed by atoms with Crippen molar-refractivity contribution >= 4 is 11.8 Å². The second-order valence-electron chi connectivity index (χ2n) is 8.90. The van der Waals surface area contributed by atoms with E-state index < -0.39 is 35.0 Å². The van der Waals surface area contributed by atoms with Crippen LogP contribution in [0.3, 0.4) is 0 Å². The zero-order valence-corrected chi connectivity index (χ0v) is 18.3. The van der Waals surface area contributed by atoms with Crippen LogP contribution in [0.5, 0.6) is 0 Å². The van der Waals surface area contributed by atoms with Crippen LogP contribution in [0.2, 0.25) is 0 Å². The molecule has 0 aromatic heterocycles. The number of carbonyl (C=O) groups excluding carboxylic acids is 2. The van der Waals surface area contributed by atoms with E-state index >= 15 is 0 Å². The number of alkyl halides is 6. The largest absolute Gasteiger partial charge is 0.416 e. The number of halogens is 6. The van der Waals surface area contributed by atoms with Crippen molar-refractivity contribution in [3.8, 4) is 0 Å². The third-order valence-electron chi connectivity index (χ3n) is 6.58. The van der Waals surface area contributed by atoms with Crippen LogP contribution in [0.25, 0.3) is 0 Å². The molecule has 1 aromatic rings. The standard InChI is InChI=1S/C22H27F6N3O3/c23-21(24,25)15-9-14(10-16(11-15)22(26,27)28)19(32)29-12-13-5-7-31(8-6-13)20(33)17-3-1-2-4-18(17)30-34/h9-11,13,17-18,30,34H,1-8,12H2,(H,29,32)/t17-,18-/m1/s1. The summed E-state index contributed by atoms with van der Waals surface area (Å²) in [6.07, 6.45) is -5.76. The number of amides is 2. The van der Waals surface area contributed by atoms with Crippen LogP contribution in [0.4, 0.5) is 26.3 Å². The lowest BCUT2D eigenvalue weighted by atomic mass is 9.83. The van der Waals surface area contributed by atoms with E-state index in [0.29, 0.717) is 50.9 Å². The summed E-state index contributed by atoms with van der Waals surface area (Å²) in [7, 11) is 0. The summed E-state index contributed by atoms with van der Waals surface area (Å²) in [6, 6.07) is 0.503. The highest BCUT2D eigenvalue weighted by Gasteiger charge is 2.38. The van der Waals surface area contributed by atoms with Gasteiger partial charge in [-0.3, -0.25) is 9.59 Å². The van der Waals surface area contributed by atoms with Gasteiger partial charge in [0.2, 0.25) is 5.91 Å². The topological polar surface area (TPSA) is 81.7 Å². The fourth-order valence-electron chi connectivity index (χ4n) is 4.60. The van der Waals surface area contributed by atoms with Gasteiger partial charge in [0.15, 0.2) is 0 Å². The highest BCUT2D eigenvalue weighted by Crippen LogP contribution is 2.36. The molecule has 1 aliphatic heterocycles. The molecule has 0 unspecified atom stereocenters. The van der Waals surface area contributed by atoms with Crippen molar-refractivity contribution in [2.75, 3.05) is 19.6 Å². The Kier molecular flexibility index (Phi) is 8.12. The number of carbonyl (C=O) groups is 2. The minimum absolute atomic E-state index is 0.0211. The summed E-state index contributed by atoms with van der Waals surface area (Å²) in [6.45, 7) is 0.925. The van der Waals surface area contributed by atoms with Crippen LogP contribution in [-0.4, -0.2) is 47.6 Å². The Morgan fingerprint density at radius 2 is 1.47 bits per heavy atom. The van der Waals surface area contributed by atoms with E-state index in [9.17, 15) is 41.1 Å². The van der Waals surface area contributed by atoms with Gasteiger partial charge in [-0.2, -0.15) is 26.3 Å². The number of nitrogens with one attached hydrogen (secondary N) is 2. The van der Waals surface area contributed by atoms with Crippen molar-refractivity contribution in [2.45, 2.75) is 56.9 Å². The van der Waals surface area contributed by atoms with Gasteiger partial charge < -0.3 is 15.4 Å². The molecular weight excluding hydrogens is 468 g/mol. The number of rotatable bonds is 5. The molecule has 190 valence electrons. The second-order valence-corrected chi connectivity index (χ2v) is 8.90. The van der Waals surface area contributed by atoms with E-state index in [-0.39, 0.29) is 36.4 Å². The maximum atomic E-state index is 13.0. The van der Waals surface area contributed by atoms with E-state index in [0.717, 1.165) is 12.8 Å². The van der Waals surface area contributed by atoms with Crippen LogP contribution < -0.4 is 10.8 Å². The molecule has 0 bridgehead atoms. The molecule has 2 fully saturated rings. The predicted molar refractivity (Wildman–Crippen MR) is 109 cm³/mol. The zero-order valence-electron chi connectivity index (χ0n) is 18.3. The van der Waals surface area contributed by atoms with Crippen molar-refractivity contribution in [3.63, 3.8) is 0 Å². The van der Waals surface area contributed by atoms with Crippen molar-refractivity contribution in [1.82, 2.24) is 15.7 Å². The van der Waals surface area contributed by atoms with Crippen molar-refractivity contribution in [1.29, 1.82) is 0 Å². The van der Waals surface area contributed by atoms with Gasteiger partial charge in [-0.05, 0) is 49.8 Å². The quantitative estimate of drug-likeness (QED) is 0.422. The fraction of sp³-hybridized carbons (Fsp3) is 0.636. The van der Waals surface area contributed by atoms with Gasteiger partial charge in [-0.1, -0.05) is 12.8 Å². The monoisotopic (exact) mass is 495 g/mol. The maximum Gasteiger partial charge on any atom is 0.416 e. The Bertz CT molecular complexity index is 849. The first-order valence-corrected chi connectivity index (χ1v) is 11.2. The Morgan fingerprint density at radius 1 is 0.912 bits per heavy atom. The van der Waals surface area contributed by atoms with E-state index in [1.54, 1.807) is 4.90 Å². The van der Waals surface area contributed by atoms with Crippen LogP contribution in [0, 0.1) is 11.8 Å². The SMILES string of the molecule is O=C(NCC1CCN(C(=O)[C@@H]2CCCC[C@H]2NO)CC1)c1cc(C(F)(F)F)cc(C(F)(F)F)c1. The molecule has 2 atom stereocenters. The Morgan fingerprint density at radius 3 is 2.00 bits per heavy atom. The summed E-state index contributed by atoms with van der Waals surface area (Å²) in [5, 5.41) is 11.7. The van der Waals surface area contributed by atoms with Crippen molar-refractivity contribution < 1.29 is 41.1 Å². The molecule has 1 aliphatic carbocycles. The first kappa shape index (κ1) is 26.3. The number of hydroxylamine groups is 1.